The van der Waals surface area contributed by atoms with Crippen LogP contribution in [0, 0.1) is 0 Å². The largest absolute Gasteiger partial charge is 0.462 e. The molecule has 0 aromatic rings. The lowest BCUT2D eigenvalue weighted by Gasteiger charge is -2.15. The number of aliphatic hydroxyl groups excluding tert-OH is 1. The molecular weight excluding hydrogens is 669 g/mol. The second-order valence-electron chi connectivity index (χ2n) is 16.5. The molecule has 0 aliphatic rings. The lowest BCUT2D eigenvalue weighted by molar-refractivity contribution is -0.161. The van der Waals surface area contributed by atoms with Gasteiger partial charge in [0.2, 0.25) is 0 Å². The Morgan fingerprint density at radius 1 is 0.407 bits per heavy atom. The van der Waals surface area contributed by atoms with Gasteiger partial charge >= 0.3 is 11.9 Å². The Hall–Kier alpha value is -1.36. The molecule has 0 saturated carbocycles. The van der Waals surface area contributed by atoms with E-state index in [-0.39, 0.29) is 25.2 Å². The second kappa shape index (κ2) is 46.0. The monoisotopic (exact) mass is 763 g/mol. The van der Waals surface area contributed by atoms with E-state index in [0.717, 1.165) is 32.1 Å². The topological polar surface area (TPSA) is 72.8 Å². The summed E-state index contributed by atoms with van der Waals surface area (Å²) in [4.78, 5) is 24.4. The van der Waals surface area contributed by atoms with Crippen molar-refractivity contribution in [3.05, 3.63) is 12.2 Å². The summed E-state index contributed by atoms with van der Waals surface area (Å²) in [5.41, 5.74) is 0. The Morgan fingerprint density at radius 3 is 1.00 bits per heavy atom. The normalized spacial score (nSPS) is 12.1. The fourth-order valence-corrected chi connectivity index (χ4v) is 7.38. The molecule has 0 rings (SSSR count). The first-order valence-corrected chi connectivity index (χ1v) is 24.2. The summed E-state index contributed by atoms with van der Waals surface area (Å²) in [5.74, 6) is -0.574. The van der Waals surface area contributed by atoms with Gasteiger partial charge in [-0.15, -0.1) is 0 Å². The predicted octanol–water partition coefficient (Wildman–Crippen LogP) is 15.6. The van der Waals surface area contributed by atoms with E-state index < -0.39 is 6.10 Å². The number of carbonyl (C=O) groups is 2. The number of aliphatic hydroxyl groups is 1. The number of carbonyl (C=O) groups excluding carboxylic acids is 2. The van der Waals surface area contributed by atoms with Gasteiger partial charge in [-0.1, -0.05) is 231 Å². The minimum atomic E-state index is -0.765. The lowest BCUT2D eigenvalue weighted by atomic mass is 10.0. The maximum absolute atomic E-state index is 12.2. The molecule has 0 heterocycles. The highest BCUT2D eigenvalue weighted by molar-refractivity contribution is 5.70. The number of hydrogen-bond donors (Lipinski definition) is 1. The van der Waals surface area contributed by atoms with Crippen molar-refractivity contribution in [2.45, 2.75) is 277 Å². The second-order valence-corrected chi connectivity index (χ2v) is 16.5. The van der Waals surface area contributed by atoms with E-state index >= 15 is 0 Å². The van der Waals surface area contributed by atoms with Gasteiger partial charge in [0.25, 0.3) is 0 Å². The first-order valence-electron chi connectivity index (χ1n) is 24.2. The Balaban J connectivity index is 3.44. The molecule has 1 atom stereocenters. The molecule has 320 valence electrons. The number of esters is 2. The van der Waals surface area contributed by atoms with Crippen molar-refractivity contribution in [1.82, 2.24) is 0 Å². The highest BCUT2D eigenvalue weighted by Crippen LogP contribution is 2.16. The fourth-order valence-electron chi connectivity index (χ4n) is 7.38. The third-order valence-electron chi connectivity index (χ3n) is 11.1. The van der Waals surface area contributed by atoms with E-state index in [1.807, 2.05) is 0 Å². The Bertz CT molecular complexity index is 780. The molecule has 54 heavy (non-hydrogen) atoms. The van der Waals surface area contributed by atoms with Gasteiger partial charge in [-0.3, -0.25) is 9.59 Å². The van der Waals surface area contributed by atoms with Crippen molar-refractivity contribution in [3.63, 3.8) is 0 Å². The smallest absolute Gasteiger partial charge is 0.306 e. The molecule has 5 heteroatoms. The molecule has 1 N–H and O–H groups in total. The Labute approximate surface area is 337 Å². The van der Waals surface area contributed by atoms with Crippen LogP contribution in [0.25, 0.3) is 0 Å². The lowest BCUT2D eigenvalue weighted by Crippen LogP contribution is -2.28. The first-order chi connectivity index (χ1) is 26.6. The van der Waals surface area contributed by atoms with Gasteiger partial charge in [0.15, 0.2) is 6.10 Å². The van der Waals surface area contributed by atoms with Crippen molar-refractivity contribution < 1.29 is 24.2 Å². The molecule has 5 nitrogen and oxygen atoms in total. The molecule has 0 spiro atoms. The summed E-state index contributed by atoms with van der Waals surface area (Å²) in [6.07, 6.45) is 54.4. The maximum Gasteiger partial charge on any atom is 0.306 e. The Kier molecular flexibility index (Phi) is 44.9. The highest BCUT2D eigenvalue weighted by Gasteiger charge is 2.16. The van der Waals surface area contributed by atoms with Gasteiger partial charge in [-0.25, -0.2) is 0 Å². The molecule has 0 aliphatic carbocycles. The van der Waals surface area contributed by atoms with Crippen LogP contribution in [0.15, 0.2) is 12.2 Å². The van der Waals surface area contributed by atoms with E-state index in [9.17, 15) is 14.7 Å². The van der Waals surface area contributed by atoms with E-state index in [1.54, 1.807) is 0 Å². The van der Waals surface area contributed by atoms with Crippen LogP contribution in [-0.2, 0) is 19.1 Å². The van der Waals surface area contributed by atoms with Crippen LogP contribution >= 0.6 is 0 Å². The molecule has 0 aliphatic heterocycles. The number of ether oxygens (including phenoxy) is 2. The van der Waals surface area contributed by atoms with Gasteiger partial charge in [-0.2, -0.15) is 0 Å². The standard InChI is InChI=1S/C49H94O5/c1-3-5-7-9-11-13-15-17-19-20-21-22-23-24-25-26-27-28-30-32-34-36-38-40-42-44-49(52)54-47(45-50)46-53-48(51)43-41-39-37-35-33-31-29-18-16-14-12-10-8-6-4-2/h20-21,47,50H,3-19,22-46H2,1-2H3/b21-20-. The third kappa shape index (κ3) is 43.4. The summed E-state index contributed by atoms with van der Waals surface area (Å²) in [7, 11) is 0. The van der Waals surface area contributed by atoms with E-state index in [0.29, 0.717) is 12.8 Å². The average molecular weight is 763 g/mol. The zero-order valence-electron chi connectivity index (χ0n) is 36.5. The third-order valence-corrected chi connectivity index (χ3v) is 11.1. The fraction of sp³-hybridized carbons (Fsp3) is 0.918. The number of hydrogen-bond acceptors (Lipinski definition) is 5. The molecule has 0 saturated heterocycles. The zero-order chi connectivity index (χ0) is 39.3. The molecule has 0 fully saturated rings. The van der Waals surface area contributed by atoms with Crippen molar-refractivity contribution in [2.75, 3.05) is 13.2 Å². The number of unbranched alkanes of at least 4 members (excludes halogenated alkanes) is 35. The van der Waals surface area contributed by atoms with Crippen LogP contribution in [0.5, 0.6) is 0 Å². The van der Waals surface area contributed by atoms with Gasteiger partial charge in [-0.05, 0) is 38.5 Å². The van der Waals surface area contributed by atoms with Crippen LogP contribution in [0.4, 0.5) is 0 Å². The quantitative estimate of drug-likeness (QED) is 0.0380. The van der Waals surface area contributed by atoms with Crippen molar-refractivity contribution in [1.29, 1.82) is 0 Å². The average Bonchev–Trinajstić information content (AvgIpc) is 3.17. The number of allylic oxidation sites excluding steroid dienone is 2. The summed E-state index contributed by atoms with van der Waals surface area (Å²) < 4.78 is 10.7. The molecule has 0 bridgehead atoms. The van der Waals surface area contributed by atoms with Crippen LogP contribution in [0.1, 0.15) is 271 Å². The van der Waals surface area contributed by atoms with Gasteiger partial charge in [0, 0.05) is 12.8 Å². The van der Waals surface area contributed by atoms with Crippen molar-refractivity contribution >= 4 is 11.9 Å². The predicted molar refractivity (Wildman–Crippen MR) is 233 cm³/mol. The van der Waals surface area contributed by atoms with Gasteiger partial charge in [0.1, 0.15) is 6.61 Å². The minimum Gasteiger partial charge on any atom is -0.462 e. The summed E-state index contributed by atoms with van der Waals surface area (Å²) in [6, 6.07) is 0. The molecule has 1 unspecified atom stereocenters. The van der Waals surface area contributed by atoms with Crippen LogP contribution in [0.2, 0.25) is 0 Å². The van der Waals surface area contributed by atoms with E-state index in [4.69, 9.17) is 9.47 Å². The molecule has 0 amide bonds. The van der Waals surface area contributed by atoms with E-state index in [1.165, 1.54) is 212 Å². The SMILES string of the molecule is CCCCCCCCCC/C=C\CCCCCCCCCCCCCCCC(=O)OC(CO)COC(=O)CCCCCCCCCCCCCCCCC. The van der Waals surface area contributed by atoms with Crippen LogP contribution in [-0.4, -0.2) is 36.4 Å². The van der Waals surface area contributed by atoms with Crippen LogP contribution in [0.3, 0.4) is 0 Å². The summed E-state index contributed by atoms with van der Waals surface area (Å²) >= 11 is 0. The molecular formula is C49H94O5. The summed E-state index contributed by atoms with van der Waals surface area (Å²) in [6.45, 7) is 4.18. The first kappa shape index (κ1) is 52.6. The number of rotatable bonds is 45. The summed E-state index contributed by atoms with van der Waals surface area (Å²) in [5, 5.41) is 9.60. The van der Waals surface area contributed by atoms with Crippen LogP contribution < -0.4 is 0 Å². The van der Waals surface area contributed by atoms with E-state index in [2.05, 4.69) is 26.0 Å². The molecule has 0 radical (unpaired) electrons. The minimum absolute atomic E-state index is 0.0586. The maximum atomic E-state index is 12.2. The Morgan fingerprint density at radius 2 is 0.685 bits per heavy atom. The zero-order valence-corrected chi connectivity index (χ0v) is 36.5. The van der Waals surface area contributed by atoms with Gasteiger partial charge in [0.05, 0.1) is 6.61 Å². The molecule has 0 aromatic carbocycles. The van der Waals surface area contributed by atoms with Gasteiger partial charge < -0.3 is 14.6 Å². The highest BCUT2D eigenvalue weighted by atomic mass is 16.6. The van der Waals surface area contributed by atoms with Crippen molar-refractivity contribution in [2.24, 2.45) is 0 Å². The van der Waals surface area contributed by atoms with Crippen molar-refractivity contribution in [3.8, 4) is 0 Å². The molecule has 0 aromatic heterocycles.